The highest BCUT2D eigenvalue weighted by Crippen LogP contribution is 2.21. The first-order valence-corrected chi connectivity index (χ1v) is 6.82. The molecule has 0 atom stereocenters. The second kappa shape index (κ2) is 9.33. The number of ether oxygens (including phenoxy) is 2. The van der Waals surface area contributed by atoms with Crippen LogP contribution in [-0.4, -0.2) is 39.7 Å². The van der Waals surface area contributed by atoms with Gasteiger partial charge in [0.2, 0.25) is 0 Å². The largest absolute Gasteiger partial charge is 0.497 e. The predicted molar refractivity (Wildman–Crippen MR) is 73.1 cm³/mol. The highest BCUT2D eigenvalue weighted by atomic mass is 32.2. The van der Waals surface area contributed by atoms with Crippen molar-refractivity contribution in [2.45, 2.75) is 11.3 Å². The van der Waals surface area contributed by atoms with Gasteiger partial charge in [-0.05, 0) is 43.0 Å². The van der Waals surface area contributed by atoms with Gasteiger partial charge in [-0.1, -0.05) is 0 Å². The van der Waals surface area contributed by atoms with Crippen molar-refractivity contribution in [3.8, 4) is 5.75 Å². The van der Waals surface area contributed by atoms with Gasteiger partial charge in [0.15, 0.2) is 0 Å². The van der Waals surface area contributed by atoms with Gasteiger partial charge in [-0.2, -0.15) is 0 Å². The van der Waals surface area contributed by atoms with E-state index in [-0.39, 0.29) is 0 Å². The van der Waals surface area contributed by atoms with E-state index >= 15 is 0 Å². The molecule has 0 saturated heterocycles. The van der Waals surface area contributed by atoms with E-state index in [1.807, 2.05) is 23.9 Å². The fraction of sp³-hybridized carbons (Fsp3) is 0.538. The van der Waals surface area contributed by atoms with Crippen molar-refractivity contribution in [3.05, 3.63) is 24.3 Å². The summed E-state index contributed by atoms with van der Waals surface area (Å²) in [5.41, 5.74) is 0. The van der Waals surface area contributed by atoms with Crippen molar-refractivity contribution in [3.63, 3.8) is 0 Å². The minimum Gasteiger partial charge on any atom is -0.497 e. The van der Waals surface area contributed by atoms with Crippen LogP contribution in [0.15, 0.2) is 29.2 Å². The van der Waals surface area contributed by atoms with Crippen LogP contribution in [0.5, 0.6) is 5.75 Å². The van der Waals surface area contributed by atoms with Crippen molar-refractivity contribution in [2.75, 3.05) is 39.7 Å². The van der Waals surface area contributed by atoms with Gasteiger partial charge in [0.25, 0.3) is 0 Å². The molecule has 0 saturated carbocycles. The summed E-state index contributed by atoms with van der Waals surface area (Å²) in [6.45, 7) is 2.77. The van der Waals surface area contributed by atoms with Gasteiger partial charge in [-0.15, -0.1) is 11.8 Å². The molecule has 3 nitrogen and oxygen atoms in total. The molecule has 0 fully saturated rings. The molecule has 0 bridgehead atoms. The summed E-state index contributed by atoms with van der Waals surface area (Å²) in [6.07, 6.45) is 1.17. The van der Waals surface area contributed by atoms with Gasteiger partial charge in [0.1, 0.15) is 5.75 Å². The predicted octanol–water partition coefficient (Wildman–Crippen LogP) is 2.41. The van der Waals surface area contributed by atoms with E-state index in [0.29, 0.717) is 0 Å². The molecule has 0 unspecified atom stereocenters. The normalized spacial score (nSPS) is 10.5. The topological polar surface area (TPSA) is 30.5 Å². The second-order valence-electron chi connectivity index (χ2n) is 3.62. The van der Waals surface area contributed by atoms with Crippen LogP contribution in [0.4, 0.5) is 0 Å². The average Bonchev–Trinajstić information content (AvgIpc) is 2.38. The fourth-order valence-electron chi connectivity index (χ4n) is 1.36. The zero-order chi connectivity index (χ0) is 12.3. The van der Waals surface area contributed by atoms with Gasteiger partial charge in [0, 0.05) is 18.6 Å². The van der Waals surface area contributed by atoms with Crippen LogP contribution in [0.1, 0.15) is 6.42 Å². The van der Waals surface area contributed by atoms with Gasteiger partial charge < -0.3 is 14.8 Å². The average molecular weight is 255 g/mol. The first kappa shape index (κ1) is 14.4. The smallest absolute Gasteiger partial charge is 0.118 e. The van der Waals surface area contributed by atoms with E-state index in [1.165, 1.54) is 11.3 Å². The molecule has 1 N–H and O–H groups in total. The molecule has 0 radical (unpaired) electrons. The summed E-state index contributed by atoms with van der Waals surface area (Å²) in [5.74, 6) is 2.04. The molecule has 0 aliphatic rings. The minimum atomic E-state index is 0.783. The molecule has 0 spiro atoms. The first-order valence-electron chi connectivity index (χ1n) is 5.83. The fourth-order valence-corrected chi connectivity index (χ4v) is 2.21. The van der Waals surface area contributed by atoms with E-state index in [4.69, 9.17) is 9.47 Å². The Hall–Kier alpha value is -0.710. The number of hydrogen-bond donors (Lipinski definition) is 1. The van der Waals surface area contributed by atoms with Crippen LogP contribution in [0.2, 0.25) is 0 Å². The summed E-state index contributed by atoms with van der Waals surface area (Å²) < 4.78 is 10.1. The molecule has 4 heteroatoms. The number of thioether (sulfide) groups is 1. The molecule has 0 aliphatic heterocycles. The lowest BCUT2D eigenvalue weighted by Gasteiger charge is -2.05. The Labute approximate surface area is 108 Å². The lowest BCUT2D eigenvalue weighted by molar-refractivity contribution is 0.199. The Morgan fingerprint density at radius 3 is 2.53 bits per heavy atom. The molecule has 17 heavy (non-hydrogen) atoms. The monoisotopic (exact) mass is 255 g/mol. The molecule has 0 aliphatic carbocycles. The van der Waals surface area contributed by atoms with Crippen LogP contribution in [0.25, 0.3) is 0 Å². The van der Waals surface area contributed by atoms with Crippen LogP contribution < -0.4 is 10.1 Å². The highest BCUT2D eigenvalue weighted by molar-refractivity contribution is 7.99. The Kier molecular flexibility index (Phi) is 7.88. The molecule has 1 aromatic carbocycles. The molecule has 1 rings (SSSR count). The SMILES string of the molecule is COCCNCCCSc1ccc(OC)cc1. The zero-order valence-corrected chi connectivity index (χ0v) is 11.4. The molecule has 0 amide bonds. The molecule has 0 heterocycles. The Bertz CT molecular complexity index is 290. The zero-order valence-electron chi connectivity index (χ0n) is 10.6. The van der Waals surface area contributed by atoms with E-state index in [2.05, 4.69) is 17.4 Å². The van der Waals surface area contributed by atoms with E-state index in [9.17, 15) is 0 Å². The Morgan fingerprint density at radius 1 is 1.12 bits per heavy atom. The summed E-state index contributed by atoms with van der Waals surface area (Å²) in [6, 6.07) is 8.20. The van der Waals surface area contributed by atoms with E-state index in [0.717, 1.165) is 31.2 Å². The van der Waals surface area contributed by atoms with Gasteiger partial charge in [-0.3, -0.25) is 0 Å². The van der Waals surface area contributed by atoms with E-state index < -0.39 is 0 Å². The van der Waals surface area contributed by atoms with Crippen molar-refractivity contribution in [1.29, 1.82) is 0 Å². The molecular formula is C13H21NO2S. The van der Waals surface area contributed by atoms with Gasteiger partial charge >= 0.3 is 0 Å². The molecular weight excluding hydrogens is 234 g/mol. The van der Waals surface area contributed by atoms with Crippen molar-refractivity contribution >= 4 is 11.8 Å². The maximum absolute atomic E-state index is 5.12. The summed E-state index contributed by atoms with van der Waals surface area (Å²) >= 11 is 1.88. The van der Waals surface area contributed by atoms with Crippen LogP contribution >= 0.6 is 11.8 Å². The maximum Gasteiger partial charge on any atom is 0.118 e. The summed E-state index contributed by atoms with van der Waals surface area (Å²) in [4.78, 5) is 1.29. The third-order valence-corrected chi connectivity index (χ3v) is 3.41. The lowest BCUT2D eigenvalue weighted by atomic mass is 10.3. The first-order chi connectivity index (χ1) is 8.36. The number of benzene rings is 1. The van der Waals surface area contributed by atoms with Gasteiger partial charge in [0.05, 0.1) is 13.7 Å². The standard InChI is InChI=1S/C13H21NO2S/c1-15-10-9-14-8-3-11-17-13-6-4-12(16-2)5-7-13/h4-7,14H,3,8-11H2,1-2H3. The van der Waals surface area contributed by atoms with Crippen LogP contribution in [-0.2, 0) is 4.74 Å². The van der Waals surface area contributed by atoms with Crippen LogP contribution in [0, 0.1) is 0 Å². The van der Waals surface area contributed by atoms with Crippen molar-refractivity contribution in [1.82, 2.24) is 5.32 Å². The Morgan fingerprint density at radius 2 is 1.88 bits per heavy atom. The number of rotatable bonds is 9. The third-order valence-electron chi connectivity index (χ3n) is 2.31. The molecule has 0 aromatic heterocycles. The van der Waals surface area contributed by atoms with Crippen LogP contribution in [0.3, 0.4) is 0 Å². The summed E-state index contributed by atoms with van der Waals surface area (Å²) in [7, 11) is 3.41. The highest BCUT2D eigenvalue weighted by Gasteiger charge is 1.95. The second-order valence-corrected chi connectivity index (χ2v) is 4.79. The number of methoxy groups -OCH3 is 2. The number of hydrogen-bond acceptors (Lipinski definition) is 4. The number of nitrogens with one attached hydrogen (secondary N) is 1. The van der Waals surface area contributed by atoms with E-state index in [1.54, 1.807) is 14.2 Å². The third kappa shape index (κ3) is 6.56. The maximum atomic E-state index is 5.12. The molecule has 1 aromatic rings. The summed E-state index contributed by atoms with van der Waals surface area (Å²) in [5, 5.41) is 3.33. The quantitative estimate of drug-likeness (QED) is 0.542. The van der Waals surface area contributed by atoms with Gasteiger partial charge in [-0.25, -0.2) is 0 Å². The lowest BCUT2D eigenvalue weighted by Crippen LogP contribution is -2.20. The minimum absolute atomic E-state index is 0.783. The molecule has 96 valence electrons. The van der Waals surface area contributed by atoms with Crippen molar-refractivity contribution in [2.24, 2.45) is 0 Å². The Balaban J connectivity index is 2.05. The van der Waals surface area contributed by atoms with Crippen molar-refractivity contribution < 1.29 is 9.47 Å².